The summed E-state index contributed by atoms with van der Waals surface area (Å²) in [6.45, 7) is 6.20. The van der Waals surface area contributed by atoms with Crippen LogP contribution < -0.4 is 5.32 Å². The minimum Gasteiger partial charge on any atom is -0.376 e. The first-order chi connectivity index (χ1) is 7.99. The summed E-state index contributed by atoms with van der Waals surface area (Å²) in [6, 6.07) is 4.31. The van der Waals surface area contributed by atoms with Crippen molar-refractivity contribution in [2.75, 3.05) is 19.5 Å². The third-order valence-electron chi connectivity index (χ3n) is 2.68. The van der Waals surface area contributed by atoms with Crippen LogP contribution in [0, 0.1) is 13.8 Å². The molecule has 0 aliphatic heterocycles. The maximum atomic E-state index is 5.24. The van der Waals surface area contributed by atoms with Gasteiger partial charge in [-0.3, -0.25) is 0 Å². The Morgan fingerprint density at radius 1 is 1.18 bits per heavy atom. The number of aryl methyl sites for hydroxylation is 2. The number of ether oxygens (including phenoxy) is 2. The van der Waals surface area contributed by atoms with Gasteiger partial charge in [0.25, 0.3) is 0 Å². The van der Waals surface area contributed by atoms with Crippen LogP contribution >= 0.6 is 15.9 Å². The molecule has 17 heavy (non-hydrogen) atoms. The molecule has 0 aliphatic rings. The minimum absolute atomic E-state index is 0.0720. The molecule has 1 unspecified atom stereocenters. The Balaban J connectivity index is 2.88. The van der Waals surface area contributed by atoms with Gasteiger partial charge in [-0.25, -0.2) is 0 Å². The Hall–Kier alpha value is -0.580. The van der Waals surface area contributed by atoms with Crippen LogP contribution in [0.1, 0.15) is 18.1 Å². The fourth-order valence-corrected chi connectivity index (χ4v) is 2.69. The Bertz CT molecular complexity index is 355. The molecule has 0 radical (unpaired) electrons. The van der Waals surface area contributed by atoms with Crippen molar-refractivity contribution in [1.82, 2.24) is 0 Å². The number of rotatable bonds is 5. The SMILES string of the molecule is COC(OC)C(C)Nc1c(C)cc(C)cc1Br. The number of halogens is 1. The van der Waals surface area contributed by atoms with Gasteiger partial charge in [0, 0.05) is 18.7 Å². The molecular formula is C13H20BrNO2. The summed E-state index contributed by atoms with van der Waals surface area (Å²) in [5, 5.41) is 3.41. The fraction of sp³-hybridized carbons (Fsp3) is 0.538. The molecule has 4 heteroatoms. The first-order valence-electron chi connectivity index (χ1n) is 5.58. The summed E-state index contributed by atoms with van der Waals surface area (Å²) in [6.07, 6.45) is -0.261. The molecular weight excluding hydrogens is 282 g/mol. The van der Waals surface area contributed by atoms with Gasteiger partial charge < -0.3 is 14.8 Å². The predicted molar refractivity (Wildman–Crippen MR) is 74.5 cm³/mol. The van der Waals surface area contributed by atoms with Gasteiger partial charge in [0.1, 0.15) is 0 Å². The van der Waals surface area contributed by atoms with Crippen LogP contribution in [-0.4, -0.2) is 26.6 Å². The van der Waals surface area contributed by atoms with Crippen molar-refractivity contribution in [2.45, 2.75) is 33.1 Å². The van der Waals surface area contributed by atoms with Gasteiger partial charge in [0.05, 0.1) is 11.7 Å². The molecule has 0 aromatic heterocycles. The Morgan fingerprint density at radius 2 is 1.76 bits per heavy atom. The van der Waals surface area contributed by atoms with E-state index in [2.05, 4.69) is 47.2 Å². The molecule has 0 saturated heterocycles. The molecule has 1 N–H and O–H groups in total. The van der Waals surface area contributed by atoms with E-state index in [4.69, 9.17) is 9.47 Å². The van der Waals surface area contributed by atoms with Gasteiger partial charge in [-0.1, -0.05) is 6.07 Å². The second-order valence-corrected chi connectivity index (χ2v) is 5.07. The Kier molecular flexibility index (Phi) is 5.43. The highest BCUT2D eigenvalue weighted by molar-refractivity contribution is 9.10. The average molecular weight is 302 g/mol. The molecule has 1 aromatic carbocycles. The van der Waals surface area contributed by atoms with Crippen LogP contribution in [0.4, 0.5) is 5.69 Å². The molecule has 0 heterocycles. The number of methoxy groups -OCH3 is 2. The number of hydrogen-bond donors (Lipinski definition) is 1. The van der Waals surface area contributed by atoms with Gasteiger partial charge in [-0.15, -0.1) is 0 Å². The largest absolute Gasteiger partial charge is 0.376 e. The molecule has 96 valence electrons. The van der Waals surface area contributed by atoms with Crippen molar-refractivity contribution in [3.8, 4) is 0 Å². The van der Waals surface area contributed by atoms with E-state index in [1.165, 1.54) is 11.1 Å². The first-order valence-corrected chi connectivity index (χ1v) is 6.37. The molecule has 0 aliphatic carbocycles. The van der Waals surface area contributed by atoms with Crippen LogP contribution in [-0.2, 0) is 9.47 Å². The van der Waals surface area contributed by atoms with Crippen LogP contribution in [0.25, 0.3) is 0 Å². The van der Waals surface area contributed by atoms with Crippen LogP contribution in [0.5, 0.6) is 0 Å². The van der Waals surface area contributed by atoms with Crippen molar-refractivity contribution >= 4 is 21.6 Å². The third-order valence-corrected chi connectivity index (χ3v) is 3.30. The lowest BCUT2D eigenvalue weighted by Crippen LogP contribution is -2.34. The molecule has 0 saturated carbocycles. The van der Waals surface area contributed by atoms with E-state index in [0.717, 1.165) is 10.2 Å². The van der Waals surface area contributed by atoms with Gasteiger partial charge in [-0.05, 0) is 53.9 Å². The fourth-order valence-electron chi connectivity index (χ4n) is 1.90. The zero-order chi connectivity index (χ0) is 13.0. The topological polar surface area (TPSA) is 30.5 Å². The van der Waals surface area contributed by atoms with E-state index >= 15 is 0 Å². The van der Waals surface area contributed by atoms with E-state index in [9.17, 15) is 0 Å². The van der Waals surface area contributed by atoms with Crippen molar-refractivity contribution < 1.29 is 9.47 Å². The minimum atomic E-state index is -0.261. The van der Waals surface area contributed by atoms with Gasteiger partial charge in [0.2, 0.25) is 0 Å². The molecule has 0 fully saturated rings. The molecule has 1 aromatic rings. The summed E-state index contributed by atoms with van der Waals surface area (Å²) in [5.74, 6) is 0. The highest BCUT2D eigenvalue weighted by atomic mass is 79.9. The predicted octanol–water partition coefficient (Wildman–Crippen LogP) is 3.49. The van der Waals surface area contributed by atoms with E-state index in [1.54, 1.807) is 14.2 Å². The van der Waals surface area contributed by atoms with E-state index < -0.39 is 0 Å². The van der Waals surface area contributed by atoms with Crippen LogP contribution in [0.2, 0.25) is 0 Å². The molecule has 0 bridgehead atoms. The smallest absolute Gasteiger partial charge is 0.176 e. The quantitative estimate of drug-likeness (QED) is 0.845. The summed E-state index contributed by atoms with van der Waals surface area (Å²) < 4.78 is 11.5. The molecule has 0 amide bonds. The van der Waals surface area contributed by atoms with Gasteiger partial charge in [-0.2, -0.15) is 0 Å². The molecule has 0 spiro atoms. The van der Waals surface area contributed by atoms with E-state index in [1.807, 2.05) is 6.92 Å². The lowest BCUT2D eigenvalue weighted by atomic mass is 10.1. The van der Waals surface area contributed by atoms with Crippen LogP contribution in [0.3, 0.4) is 0 Å². The summed E-state index contributed by atoms with van der Waals surface area (Å²) in [5.41, 5.74) is 3.53. The number of nitrogens with one attached hydrogen (secondary N) is 1. The Morgan fingerprint density at radius 3 is 2.24 bits per heavy atom. The average Bonchev–Trinajstić information content (AvgIpc) is 2.25. The van der Waals surface area contributed by atoms with E-state index in [0.29, 0.717) is 0 Å². The monoisotopic (exact) mass is 301 g/mol. The van der Waals surface area contributed by atoms with Crippen molar-refractivity contribution in [1.29, 1.82) is 0 Å². The number of hydrogen-bond acceptors (Lipinski definition) is 3. The third kappa shape index (κ3) is 3.69. The second-order valence-electron chi connectivity index (χ2n) is 4.21. The number of anilines is 1. The highest BCUT2D eigenvalue weighted by Gasteiger charge is 2.17. The zero-order valence-corrected chi connectivity index (χ0v) is 12.6. The number of benzene rings is 1. The molecule has 3 nitrogen and oxygen atoms in total. The van der Waals surface area contributed by atoms with E-state index in [-0.39, 0.29) is 12.3 Å². The standard InChI is InChI=1S/C13H20BrNO2/c1-8-6-9(2)12(11(14)7-8)15-10(3)13(16-4)17-5/h6-7,10,13,15H,1-5H3. The lowest BCUT2D eigenvalue weighted by molar-refractivity contribution is -0.109. The summed E-state index contributed by atoms with van der Waals surface area (Å²) in [4.78, 5) is 0. The normalized spacial score (nSPS) is 12.9. The summed E-state index contributed by atoms with van der Waals surface area (Å²) >= 11 is 3.58. The first kappa shape index (κ1) is 14.5. The Labute approximate surface area is 112 Å². The van der Waals surface area contributed by atoms with Crippen LogP contribution in [0.15, 0.2) is 16.6 Å². The summed E-state index contributed by atoms with van der Waals surface area (Å²) in [7, 11) is 3.28. The lowest BCUT2D eigenvalue weighted by Gasteiger charge is -2.24. The maximum absolute atomic E-state index is 5.24. The van der Waals surface area contributed by atoms with Gasteiger partial charge in [0.15, 0.2) is 6.29 Å². The van der Waals surface area contributed by atoms with Gasteiger partial charge >= 0.3 is 0 Å². The highest BCUT2D eigenvalue weighted by Crippen LogP contribution is 2.28. The maximum Gasteiger partial charge on any atom is 0.176 e. The zero-order valence-electron chi connectivity index (χ0n) is 11.0. The van der Waals surface area contributed by atoms with Crippen molar-refractivity contribution in [3.63, 3.8) is 0 Å². The van der Waals surface area contributed by atoms with Crippen molar-refractivity contribution in [2.24, 2.45) is 0 Å². The van der Waals surface area contributed by atoms with Crippen molar-refractivity contribution in [3.05, 3.63) is 27.7 Å². The molecule has 1 atom stereocenters. The molecule has 1 rings (SSSR count). The second kappa shape index (κ2) is 6.38.